The van der Waals surface area contributed by atoms with Crippen LogP contribution in [-0.4, -0.2) is 35.1 Å². The number of anilines is 1. The monoisotopic (exact) mass is 395 g/mol. The maximum absolute atomic E-state index is 12.3. The Bertz CT molecular complexity index is 859. The molecule has 0 aromatic carbocycles. The van der Waals surface area contributed by atoms with Gasteiger partial charge in [0.25, 0.3) is 11.9 Å². The van der Waals surface area contributed by atoms with Crippen molar-refractivity contribution in [2.24, 2.45) is 0 Å². The molecule has 148 valence electrons. The Morgan fingerprint density at radius 3 is 2.59 bits per heavy atom. The number of carboxylic acids is 1. The van der Waals surface area contributed by atoms with Crippen LogP contribution < -0.4 is 16.3 Å². The third-order valence-electron chi connectivity index (χ3n) is 4.14. The number of nitrogens with zero attached hydrogens (tertiary/aromatic N) is 1. The van der Waals surface area contributed by atoms with Crippen molar-refractivity contribution in [1.29, 1.82) is 0 Å². The molecular formula is C18H25N3O5S. The van der Waals surface area contributed by atoms with E-state index in [1.54, 1.807) is 6.92 Å². The van der Waals surface area contributed by atoms with Crippen molar-refractivity contribution in [3.63, 3.8) is 0 Å². The fourth-order valence-corrected chi connectivity index (χ4v) is 3.78. The number of fused-ring (bicyclic) bond motifs is 1. The summed E-state index contributed by atoms with van der Waals surface area (Å²) in [6.45, 7) is 3.97. The van der Waals surface area contributed by atoms with Gasteiger partial charge >= 0.3 is 11.6 Å². The van der Waals surface area contributed by atoms with E-state index in [1.807, 2.05) is 0 Å². The largest absolute Gasteiger partial charge is 0.480 e. The van der Waals surface area contributed by atoms with E-state index < -0.39 is 24.0 Å². The average molecular weight is 395 g/mol. The van der Waals surface area contributed by atoms with Gasteiger partial charge in [-0.15, -0.1) is 11.3 Å². The van der Waals surface area contributed by atoms with Crippen molar-refractivity contribution < 1.29 is 19.1 Å². The molecule has 2 aromatic heterocycles. The van der Waals surface area contributed by atoms with Crippen LogP contribution >= 0.6 is 11.3 Å². The van der Waals surface area contributed by atoms with E-state index in [0.717, 1.165) is 24.2 Å². The number of hydrogen-bond acceptors (Lipinski definition) is 7. The third kappa shape index (κ3) is 5.78. The predicted molar refractivity (Wildman–Crippen MR) is 105 cm³/mol. The van der Waals surface area contributed by atoms with Crippen LogP contribution in [0.4, 0.5) is 6.01 Å². The second-order valence-electron chi connectivity index (χ2n) is 6.31. The smallest absolute Gasteiger partial charge is 0.349 e. The molecule has 0 spiro atoms. The Hall–Kier alpha value is -2.42. The second kappa shape index (κ2) is 10.1. The minimum atomic E-state index is -1.14. The van der Waals surface area contributed by atoms with Crippen molar-refractivity contribution in [3.05, 3.63) is 20.9 Å². The van der Waals surface area contributed by atoms with Gasteiger partial charge in [-0.1, -0.05) is 39.0 Å². The molecule has 3 N–H and O–H groups in total. The molecule has 0 saturated carbocycles. The molecule has 0 unspecified atom stereocenters. The lowest BCUT2D eigenvalue weighted by Gasteiger charge is -2.04. The molecule has 0 fully saturated rings. The molecule has 2 heterocycles. The Kier molecular flexibility index (Phi) is 7.78. The molecule has 1 amide bonds. The molecule has 0 bridgehead atoms. The van der Waals surface area contributed by atoms with Gasteiger partial charge in [-0.05, 0) is 18.9 Å². The molecular weight excluding hydrogens is 370 g/mol. The van der Waals surface area contributed by atoms with Crippen LogP contribution in [0, 0.1) is 6.92 Å². The zero-order valence-corrected chi connectivity index (χ0v) is 16.4. The number of nitrogens with one attached hydrogen (secondary N) is 2. The summed E-state index contributed by atoms with van der Waals surface area (Å²) in [5, 5.41) is 14.2. The summed E-state index contributed by atoms with van der Waals surface area (Å²) < 4.78 is 5.21. The molecule has 0 saturated heterocycles. The van der Waals surface area contributed by atoms with Gasteiger partial charge in [-0.2, -0.15) is 4.98 Å². The van der Waals surface area contributed by atoms with Gasteiger partial charge in [0.2, 0.25) is 0 Å². The van der Waals surface area contributed by atoms with Crippen molar-refractivity contribution in [1.82, 2.24) is 10.3 Å². The van der Waals surface area contributed by atoms with Crippen molar-refractivity contribution in [2.45, 2.75) is 52.4 Å². The van der Waals surface area contributed by atoms with Gasteiger partial charge in [-0.3, -0.25) is 9.59 Å². The summed E-state index contributed by atoms with van der Waals surface area (Å²) in [6.07, 6.45) is 6.94. The summed E-state index contributed by atoms with van der Waals surface area (Å²) in [7, 11) is 0. The number of amides is 1. The highest BCUT2D eigenvalue weighted by atomic mass is 32.1. The van der Waals surface area contributed by atoms with Crippen LogP contribution in [0.25, 0.3) is 10.2 Å². The van der Waals surface area contributed by atoms with Gasteiger partial charge in [0.1, 0.15) is 16.8 Å². The van der Waals surface area contributed by atoms with Gasteiger partial charge in [0, 0.05) is 6.54 Å². The van der Waals surface area contributed by atoms with E-state index in [-0.39, 0.29) is 16.3 Å². The van der Waals surface area contributed by atoms with E-state index in [0.29, 0.717) is 16.9 Å². The number of aryl methyl sites for hydroxylation is 1. The first kappa shape index (κ1) is 20.9. The quantitative estimate of drug-likeness (QED) is 0.500. The number of unbranched alkanes of at least 4 members (excludes halogenated alkanes) is 5. The molecule has 8 nitrogen and oxygen atoms in total. The first-order chi connectivity index (χ1) is 12.9. The summed E-state index contributed by atoms with van der Waals surface area (Å²) in [6, 6.07) is 0.139. The average Bonchev–Trinajstić information content (AvgIpc) is 2.96. The van der Waals surface area contributed by atoms with Gasteiger partial charge in [0.15, 0.2) is 0 Å². The first-order valence-electron chi connectivity index (χ1n) is 9.12. The van der Waals surface area contributed by atoms with Crippen molar-refractivity contribution in [2.75, 3.05) is 18.4 Å². The topological polar surface area (TPSA) is 122 Å². The van der Waals surface area contributed by atoms with Crippen LogP contribution in [0.5, 0.6) is 0 Å². The molecule has 9 heteroatoms. The van der Waals surface area contributed by atoms with Crippen LogP contribution in [-0.2, 0) is 4.79 Å². The normalized spacial score (nSPS) is 10.9. The Morgan fingerprint density at radius 1 is 1.19 bits per heavy atom. The predicted octanol–water partition coefficient (Wildman–Crippen LogP) is 3.14. The number of rotatable bonds is 11. The molecule has 0 atom stereocenters. The molecule has 0 radical (unpaired) electrons. The first-order valence-corrected chi connectivity index (χ1v) is 9.93. The maximum Gasteiger partial charge on any atom is 0.349 e. The zero-order chi connectivity index (χ0) is 19.8. The Balaban J connectivity index is 2.04. The lowest BCUT2D eigenvalue weighted by atomic mass is 10.1. The minimum absolute atomic E-state index is 0.139. The third-order valence-corrected chi connectivity index (χ3v) is 5.32. The molecule has 2 aromatic rings. The SMILES string of the molecule is CCCCCCCCNc1nc2sc(C(=O)NCC(=O)O)c(C)c2c(=O)o1. The number of carbonyl (C=O) groups excluding carboxylic acids is 1. The number of aliphatic carboxylic acids is 1. The second-order valence-corrected chi connectivity index (χ2v) is 7.31. The lowest BCUT2D eigenvalue weighted by Crippen LogP contribution is -2.29. The maximum atomic E-state index is 12.3. The fourth-order valence-electron chi connectivity index (χ4n) is 2.70. The standard InChI is InChI=1S/C18H25N3O5S/c1-3-4-5-6-7-8-9-19-18-21-16-13(17(25)26-18)11(2)14(27-16)15(24)20-10-12(22)23/h3-10H2,1-2H3,(H,19,21)(H,20,24)(H,22,23). The minimum Gasteiger partial charge on any atom is -0.480 e. The highest BCUT2D eigenvalue weighted by Gasteiger charge is 2.20. The van der Waals surface area contributed by atoms with Crippen molar-refractivity contribution >= 4 is 39.4 Å². The number of hydrogen-bond donors (Lipinski definition) is 3. The molecule has 0 aliphatic heterocycles. The van der Waals surface area contributed by atoms with E-state index in [1.165, 1.54) is 25.7 Å². The highest BCUT2D eigenvalue weighted by molar-refractivity contribution is 7.20. The molecule has 2 rings (SSSR count). The fraction of sp³-hybridized carbons (Fsp3) is 0.556. The highest BCUT2D eigenvalue weighted by Crippen LogP contribution is 2.28. The van der Waals surface area contributed by atoms with Gasteiger partial charge in [-0.25, -0.2) is 4.79 Å². The van der Waals surface area contributed by atoms with E-state index in [2.05, 4.69) is 22.5 Å². The summed E-state index contributed by atoms with van der Waals surface area (Å²) in [5.74, 6) is -1.68. The molecule has 0 aliphatic carbocycles. The summed E-state index contributed by atoms with van der Waals surface area (Å²) >= 11 is 1.05. The van der Waals surface area contributed by atoms with E-state index in [9.17, 15) is 14.4 Å². The van der Waals surface area contributed by atoms with E-state index in [4.69, 9.17) is 9.52 Å². The van der Waals surface area contributed by atoms with Crippen LogP contribution in [0.2, 0.25) is 0 Å². The summed E-state index contributed by atoms with van der Waals surface area (Å²) in [5.41, 5.74) is -0.113. The van der Waals surface area contributed by atoms with Gasteiger partial charge in [0.05, 0.1) is 4.88 Å². The van der Waals surface area contributed by atoms with Crippen LogP contribution in [0.3, 0.4) is 0 Å². The Morgan fingerprint density at radius 2 is 1.89 bits per heavy atom. The molecule has 0 aliphatic rings. The summed E-state index contributed by atoms with van der Waals surface area (Å²) in [4.78, 5) is 39.9. The van der Waals surface area contributed by atoms with Crippen molar-refractivity contribution in [3.8, 4) is 0 Å². The van der Waals surface area contributed by atoms with Crippen LogP contribution in [0.15, 0.2) is 9.21 Å². The zero-order valence-electron chi connectivity index (χ0n) is 15.6. The number of thiophene rings is 1. The van der Waals surface area contributed by atoms with E-state index >= 15 is 0 Å². The van der Waals surface area contributed by atoms with Crippen LogP contribution in [0.1, 0.15) is 60.7 Å². The number of aromatic nitrogens is 1. The Labute approximate surface area is 161 Å². The molecule has 27 heavy (non-hydrogen) atoms. The number of carboxylic acid groups (broad SMARTS) is 1. The lowest BCUT2D eigenvalue weighted by molar-refractivity contribution is -0.135. The van der Waals surface area contributed by atoms with Gasteiger partial charge < -0.3 is 20.2 Å². The number of carbonyl (C=O) groups is 2.